The van der Waals surface area contributed by atoms with Gasteiger partial charge in [0.25, 0.3) is 0 Å². The van der Waals surface area contributed by atoms with Gasteiger partial charge >= 0.3 is 5.97 Å². The van der Waals surface area contributed by atoms with Gasteiger partial charge in [-0.1, -0.05) is 60.1 Å². The predicted octanol–water partition coefficient (Wildman–Crippen LogP) is 4.12. The molecule has 0 saturated carbocycles. The fourth-order valence-electron chi connectivity index (χ4n) is 3.44. The van der Waals surface area contributed by atoms with Gasteiger partial charge in [-0.3, -0.25) is 9.69 Å². The minimum atomic E-state index is -0.173. The van der Waals surface area contributed by atoms with Crippen molar-refractivity contribution in [2.75, 3.05) is 19.7 Å². The first kappa shape index (κ1) is 17.0. The Kier molecular flexibility index (Phi) is 5.54. The van der Waals surface area contributed by atoms with E-state index in [4.69, 9.17) is 16.3 Å². The van der Waals surface area contributed by atoms with Crippen molar-refractivity contribution in [1.82, 2.24) is 4.90 Å². The zero-order valence-electron chi connectivity index (χ0n) is 13.8. The summed E-state index contributed by atoms with van der Waals surface area (Å²) in [4.78, 5) is 14.8. The maximum atomic E-state index is 12.4. The molecule has 0 aliphatic carbocycles. The molecule has 0 aromatic heterocycles. The number of carbonyl (C=O) groups excluding carboxylic acids is 1. The first-order valence-corrected chi connectivity index (χ1v) is 8.74. The van der Waals surface area contributed by atoms with E-state index in [1.165, 1.54) is 5.56 Å². The molecule has 126 valence electrons. The lowest BCUT2D eigenvalue weighted by atomic mass is 9.89. The van der Waals surface area contributed by atoms with Gasteiger partial charge in [-0.25, -0.2) is 0 Å². The van der Waals surface area contributed by atoms with E-state index in [0.29, 0.717) is 13.2 Å². The van der Waals surface area contributed by atoms with Crippen molar-refractivity contribution in [2.24, 2.45) is 5.92 Å². The SMILES string of the molecule is CCOC(=O)[C@H]1CN(Cc2ccccc2)C[C@H]1c1ccccc1Cl. The number of hydrogen-bond donors (Lipinski definition) is 0. The van der Waals surface area contributed by atoms with Crippen LogP contribution in [0.25, 0.3) is 0 Å². The van der Waals surface area contributed by atoms with E-state index in [-0.39, 0.29) is 17.8 Å². The molecule has 3 rings (SSSR count). The number of esters is 1. The lowest BCUT2D eigenvalue weighted by molar-refractivity contribution is -0.148. The molecule has 24 heavy (non-hydrogen) atoms. The van der Waals surface area contributed by atoms with E-state index < -0.39 is 0 Å². The van der Waals surface area contributed by atoms with Crippen LogP contribution < -0.4 is 0 Å². The Labute approximate surface area is 148 Å². The fraction of sp³-hybridized carbons (Fsp3) is 0.350. The fourth-order valence-corrected chi connectivity index (χ4v) is 3.71. The Morgan fingerprint density at radius 2 is 1.83 bits per heavy atom. The number of likely N-dealkylation sites (tertiary alicyclic amines) is 1. The van der Waals surface area contributed by atoms with Gasteiger partial charge in [-0.05, 0) is 24.1 Å². The normalized spacial score (nSPS) is 20.9. The summed E-state index contributed by atoms with van der Waals surface area (Å²) < 4.78 is 5.31. The van der Waals surface area contributed by atoms with Crippen molar-refractivity contribution in [3.8, 4) is 0 Å². The van der Waals surface area contributed by atoms with Crippen LogP contribution >= 0.6 is 11.6 Å². The Morgan fingerprint density at radius 1 is 1.12 bits per heavy atom. The van der Waals surface area contributed by atoms with Gasteiger partial charge < -0.3 is 4.74 Å². The van der Waals surface area contributed by atoms with Crippen LogP contribution in [-0.2, 0) is 16.1 Å². The minimum Gasteiger partial charge on any atom is -0.466 e. The summed E-state index contributed by atoms with van der Waals surface area (Å²) in [5.41, 5.74) is 2.28. The molecule has 0 N–H and O–H groups in total. The second-order valence-electron chi connectivity index (χ2n) is 6.17. The molecule has 1 heterocycles. The van der Waals surface area contributed by atoms with Crippen LogP contribution in [0.15, 0.2) is 54.6 Å². The molecule has 0 bridgehead atoms. The summed E-state index contributed by atoms with van der Waals surface area (Å²) in [7, 11) is 0. The molecular formula is C20H22ClNO2. The Balaban J connectivity index is 1.82. The van der Waals surface area contributed by atoms with E-state index in [0.717, 1.165) is 23.7 Å². The van der Waals surface area contributed by atoms with Crippen LogP contribution in [0.1, 0.15) is 24.0 Å². The third-order valence-electron chi connectivity index (χ3n) is 4.54. The maximum absolute atomic E-state index is 12.4. The molecule has 0 spiro atoms. The molecule has 0 radical (unpaired) electrons. The monoisotopic (exact) mass is 343 g/mol. The van der Waals surface area contributed by atoms with E-state index in [1.54, 1.807) is 0 Å². The van der Waals surface area contributed by atoms with Gasteiger partial charge in [-0.2, -0.15) is 0 Å². The highest BCUT2D eigenvalue weighted by molar-refractivity contribution is 6.31. The molecule has 3 nitrogen and oxygen atoms in total. The highest BCUT2D eigenvalue weighted by Crippen LogP contribution is 2.37. The van der Waals surface area contributed by atoms with Crippen LogP contribution in [-0.4, -0.2) is 30.6 Å². The number of carbonyl (C=O) groups is 1. The summed E-state index contributed by atoms with van der Waals surface area (Å²) in [6.07, 6.45) is 0. The molecule has 2 atom stereocenters. The van der Waals surface area contributed by atoms with Gasteiger partial charge in [0.05, 0.1) is 12.5 Å². The number of halogens is 1. The molecule has 0 unspecified atom stereocenters. The number of ether oxygens (including phenoxy) is 1. The van der Waals surface area contributed by atoms with Gasteiger partial charge in [0.2, 0.25) is 0 Å². The highest BCUT2D eigenvalue weighted by atomic mass is 35.5. The quantitative estimate of drug-likeness (QED) is 0.765. The van der Waals surface area contributed by atoms with Crippen molar-refractivity contribution in [3.63, 3.8) is 0 Å². The molecule has 0 amide bonds. The van der Waals surface area contributed by atoms with Crippen molar-refractivity contribution in [3.05, 3.63) is 70.7 Å². The summed E-state index contributed by atoms with van der Waals surface area (Å²) in [6.45, 7) is 4.59. The largest absolute Gasteiger partial charge is 0.466 e. The predicted molar refractivity (Wildman–Crippen MR) is 96.0 cm³/mol. The number of hydrogen-bond acceptors (Lipinski definition) is 3. The van der Waals surface area contributed by atoms with Crippen LogP contribution in [0.2, 0.25) is 5.02 Å². The standard InChI is InChI=1S/C20H22ClNO2/c1-2-24-20(23)18-14-22(12-15-8-4-3-5-9-15)13-17(18)16-10-6-7-11-19(16)21/h3-11,17-18H,2,12-14H2,1H3/t17-,18-/m0/s1. The molecule has 1 aliphatic rings. The topological polar surface area (TPSA) is 29.5 Å². The zero-order chi connectivity index (χ0) is 16.9. The van der Waals surface area contributed by atoms with Crippen molar-refractivity contribution in [2.45, 2.75) is 19.4 Å². The summed E-state index contributed by atoms with van der Waals surface area (Å²) >= 11 is 6.39. The van der Waals surface area contributed by atoms with Crippen LogP contribution in [0.4, 0.5) is 0 Å². The lowest BCUT2D eigenvalue weighted by Gasteiger charge is -2.18. The number of benzene rings is 2. The minimum absolute atomic E-state index is 0.0708. The van der Waals surface area contributed by atoms with E-state index >= 15 is 0 Å². The molecule has 1 aliphatic heterocycles. The Bertz CT molecular complexity index is 689. The first-order chi connectivity index (χ1) is 11.7. The molecular weight excluding hydrogens is 322 g/mol. The smallest absolute Gasteiger partial charge is 0.310 e. The number of nitrogens with zero attached hydrogens (tertiary/aromatic N) is 1. The van der Waals surface area contributed by atoms with E-state index in [9.17, 15) is 4.79 Å². The van der Waals surface area contributed by atoms with Crippen LogP contribution in [0.3, 0.4) is 0 Å². The average Bonchev–Trinajstić information content (AvgIpc) is 3.00. The van der Waals surface area contributed by atoms with Gasteiger partial charge in [0.1, 0.15) is 0 Å². The zero-order valence-corrected chi connectivity index (χ0v) is 14.6. The maximum Gasteiger partial charge on any atom is 0.310 e. The molecule has 1 saturated heterocycles. The Hall–Kier alpha value is -1.84. The summed E-state index contributed by atoms with van der Waals surface area (Å²) in [5, 5.41) is 0.721. The van der Waals surface area contributed by atoms with E-state index in [2.05, 4.69) is 17.0 Å². The van der Waals surface area contributed by atoms with E-state index in [1.807, 2.05) is 49.4 Å². The lowest BCUT2D eigenvalue weighted by Crippen LogP contribution is -2.25. The van der Waals surface area contributed by atoms with Crippen molar-refractivity contribution >= 4 is 17.6 Å². The van der Waals surface area contributed by atoms with Crippen molar-refractivity contribution in [1.29, 1.82) is 0 Å². The van der Waals surface area contributed by atoms with Crippen molar-refractivity contribution < 1.29 is 9.53 Å². The highest BCUT2D eigenvalue weighted by Gasteiger charge is 2.40. The Morgan fingerprint density at radius 3 is 2.54 bits per heavy atom. The summed E-state index contributed by atoms with van der Waals surface area (Å²) in [5.74, 6) is -0.229. The van der Waals surface area contributed by atoms with Crippen LogP contribution in [0, 0.1) is 5.92 Å². The third kappa shape index (κ3) is 3.80. The molecule has 1 fully saturated rings. The second kappa shape index (κ2) is 7.82. The van der Waals surface area contributed by atoms with Gasteiger partial charge in [0, 0.05) is 30.6 Å². The van der Waals surface area contributed by atoms with Crippen LogP contribution in [0.5, 0.6) is 0 Å². The average molecular weight is 344 g/mol. The second-order valence-corrected chi connectivity index (χ2v) is 6.57. The third-order valence-corrected chi connectivity index (χ3v) is 4.88. The first-order valence-electron chi connectivity index (χ1n) is 8.36. The molecule has 4 heteroatoms. The van der Waals surface area contributed by atoms with Gasteiger partial charge in [-0.15, -0.1) is 0 Å². The number of rotatable bonds is 5. The molecule has 2 aromatic rings. The molecule has 2 aromatic carbocycles. The summed E-state index contributed by atoms with van der Waals surface area (Å²) in [6, 6.07) is 18.1. The van der Waals surface area contributed by atoms with Gasteiger partial charge in [0.15, 0.2) is 0 Å².